The van der Waals surface area contributed by atoms with E-state index in [4.69, 9.17) is 10.5 Å². The van der Waals surface area contributed by atoms with Crippen LogP contribution in [-0.4, -0.2) is 36.2 Å². The molecule has 1 amide bonds. The van der Waals surface area contributed by atoms with Crippen LogP contribution < -0.4 is 5.73 Å². The van der Waals surface area contributed by atoms with Gasteiger partial charge in [-0.15, -0.1) is 0 Å². The van der Waals surface area contributed by atoms with Crippen LogP contribution in [0.5, 0.6) is 0 Å². The molecular formula is C20H26N2O2. The van der Waals surface area contributed by atoms with Crippen LogP contribution in [0.15, 0.2) is 42.5 Å². The highest BCUT2D eigenvalue weighted by atomic mass is 16.6. The summed E-state index contributed by atoms with van der Waals surface area (Å²) in [5.41, 5.74) is 6.75. The summed E-state index contributed by atoms with van der Waals surface area (Å²) in [7, 11) is 0. The topological polar surface area (TPSA) is 55.6 Å². The molecule has 1 aliphatic rings. The van der Waals surface area contributed by atoms with Crippen LogP contribution in [0.2, 0.25) is 0 Å². The standard InChI is InChI=1S/C20H26N2O2/c1-20(2,3)24-19(23)22-12-17(11-21)18(13-22)16-9-8-14-6-4-5-7-15(14)10-16/h4-10,17-18H,11-13,21H2,1-3H3/t17-,18+/m0/s1. The quantitative estimate of drug-likeness (QED) is 0.914. The molecule has 4 nitrogen and oxygen atoms in total. The van der Waals surface area contributed by atoms with E-state index in [0.717, 1.165) is 0 Å². The summed E-state index contributed by atoms with van der Waals surface area (Å²) in [5.74, 6) is 0.519. The molecule has 1 fully saturated rings. The van der Waals surface area contributed by atoms with E-state index in [9.17, 15) is 4.79 Å². The molecular weight excluding hydrogens is 300 g/mol. The number of nitrogens with zero attached hydrogens (tertiary/aromatic N) is 1. The van der Waals surface area contributed by atoms with Gasteiger partial charge in [0.25, 0.3) is 0 Å². The number of hydrogen-bond acceptors (Lipinski definition) is 3. The lowest BCUT2D eigenvalue weighted by Crippen LogP contribution is -2.35. The third-order valence-corrected chi connectivity index (χ3v) is 4.60. The van der Waals surface area contributed by atoms with Gasteiger partial charge in [-0.3, -0.25) is 0 Å². The van der Waals surface area contributed by atoms with Gasteiger partial charge in [0.2, 0.25) is 0 Å². The van der Waals surface area contributed by atoms with E-state index >= 15 is 0 Å². The predicted molar refractivity (Wildman–Crippen MR) is 97.0 cm³/mol. The van der Waals surface area contributed by atoms with Crippen LogP contribution in [0.4, 0.5) is 4.79 Å². The molecule has 0 bridgehead atoms. The number of likely N-dealkylation sites (tertiary alicyclic amines) is 1. The molecule has 2 N–H and O–H groups in total. The molecule has 24 heavy (non-hydrogen) atoms. The molecule has 128 valence electrons. The van der Waals surface area contributed by atoms with Gasteiger partial charge in [-0.25, -0.2) is 4.79 Å². The fourth-order valence-corrected chi connectivity index (χ4v) is 3.40. The first-order chi connectivity index (χ1) is 11.4. The van der Waals surface area contributed by atoms with Crippen molar-refractivity contribution in [3.05, 3.63) is 48.0 Å². The molecule has 2 aromatic rings. The Morgan fingerprint density at radius 1 is 1.17 bits per heavy atom. The van der Waals surface area contributed by atoms with E-state index in [1.54, 1.807) is 4.90 Å². The van der Waals surface area contributed by atoms with Gasteiger partial charge in [0, 0.05) is 19.0 Å². The van der Waals surface area contributed by atoms with Crippen molar-refractivity contribution in [2.24, 2.45) is 11.7 Å². The van der Waals surface area contributed by atoms with Crippen LogP contribution >= 0.6 is 0 Å². The number of amides is 1. The first kappa shape index (κ1) is 16.8. The van der Waals surface area contributed by atoms with Gasteiger partial charge in [-0.1, -0.05) is 42.5 Å². The SMILES string of the molecule is CC(C)(C)OC(=O)N1C[C@H](CN)[C@@H](c2ccc3ccccc3c2)C1. The Balaban J connectivity index is 1.82. The third-order valence-electron chi connectivity index (χ3n) is 4.60. The molecule has 0 unspecified atom stereocenters. The van der Waals surface area contributed by atoms with Crippen molar-refractivity contribution < 1.29 is 9.53 Å². The molecule has 1 saturated heterocycles. The number of rotatable bonds is 2. The van der Waals surface area contributed by atoms with E-state index in [1.165, 1.54) is 16.3 Å². The molecule has 3 rings (SSSR count). The Morgan fingerprint density at radius 3 is 2.54 bits per heavy atom. The summed E-state index contributed by atoms with van der Waals surface area (Å²) >= 11 is 0. The number of ether oxygens (including phenoxy) is 1. The van der Waals surface area contributed by atoms with Gasteiger partial charge in [0.05, 0.1) is 0 Å². The second-order valence-electron chi connectivity index (χ2n) is 7.59. The first-order valence-corrected chi connectivity index (χ1v) is 8.54. The van der Waals surface area contributed by atoms with E-state index in [2.05, 4.69) is 30.3 Å². The monoisotopic (exact) mass is 326 g/mol. The Hall–Kier alpha value is -2.07. The summed E-state index contributed by atoms with van der Waals surface area (Å²) < 4.78 is 5.52. The molecule has 0 spiro atoms. The van der Waals surface area contributed by atoms with Gasteiger partial charge >= 0.3 is 6.09 Å². The molecule has 2 aromatic carbocycles. The summed E-state index contributed by atoms with van der Waals surface area (Å²) in [4.78, 5) is 14.2. The summed E-state index contributed by atoms with van der Waals surface area (Å²) in [6.45, 7) is 7.56. The summed E-state index contributed by atoms with van der Waals surface area (Å²) in [5, 5.41) is 2.45. The number of carbonyl (C=O) groups excluding carboxylic acids is 1. The fourth-order valence-electron chi connectivity index (χ4n) is 3.40. The molecule has 0 aliphatic carbocycles. The highest BCUT2D eigenvalue weighted by Crippen LogP contribution is 2.34. The zero-order valence-electron chi connectivity index (χ0n) is 14.7. The number of benzene rings is 2. The molecule has 0 saturated carbocycles. The number of hydrogen-bond donors (Lipinski definition) is 1. The van der Waals surface area contributed by atoms with Gasteiger partial charge in [0.15, 0.2) is 0 Å². The summed E-state index contributed by atoms with van der Waals surface area (Å²) in [6.07, 6.45) is -0.246. The van der Waals surface area contributed by atoms with Crippen LogP contribution in [0.25, 0.3) is 10.8 Å². The first-order valence-electron chi connectivity index (χ1n) is 8.54. The lowest BCUT2D eigenvalue weighted by Gasteiger charge is -2.24. The van der Waals surface area contributed by atoms with E-state index in [-0.39, 0.29) is 17.9 Å². The van der Waals surface area contributed by atoms with Crippen LogP contribution in [-0.2, 0) is 4.74 Å². The zero-order valence-corrected chi connectivity index (χ0v) is 14.7. The Bertz CT molecular complexity index is 736. The van der Waals surface area contributed by atoms with Crippen molar-refractivity contribution >= 4 is 16.9 Å². The van der Waals surface area contributed by atoms with Crippen molar-refractivity contribution in [2.45, 2.75) is 32.3 Å². The molecule has 4 heteroatoms. The Morgan fingerprint density at radius 2 is 1.88 bits per heavy atom. The zero-order chi connectivity index (χ0) is 17.3. The maximum absolute atomic E-state index is 12.4. The molecule has 0 aromatic heterocycles. The van der Waals surface area contributed by atoms with Crippen molar-refractivity contribution in [3.63, 3.8) is 0 Å². The van der Waals surface area contributed by atoms with Crippen LogP contribution in [0.3, 0.4) is 0 Å². The normalized spacial score (nSPS) is 21.2. The van der Waals surface area contributed by atoms with Gasteiger partial charge in [-0.05, 0) is 49.6 Å². The minimum absolute atomic E-state index is 0.246. The van der Waals surface area contributed by atoms with Gasteiger partial charge in [0.1, 0.15) is 5.60 Å². The largest absolute Gasteiger partial charge is 0.444 e. The van der Waals surface area contributed by atoms with Crippen LogP contribution in [0.1, 0.15) is 32.3 Å². The fraction of sp³-hybridized carbons (Fsp3) is 0.450. The average Bonchev–Trinajstić information content (AvgIpc) is 2.97. The lowest BCUT2D eigenvalue weighted by atomic mass is 9.88. The molecule has 1 heterocycles. The number of carbonyl (C=O) groups is 1. The van der Waals surface area contributed by atoms with Gasteiger partial charge < -0.3 is 15.4 Å². The lowest BCUT2D eigenvalue weighted by molar-refractivity contribution is 0.0287. The van der Waals surface area contributed by atoms with Crippen LogP contribution in [0, 0.1) is 5.92 Å². The highest BCUT2D eigenvalue weighted by Gasteiger charge is 2.37. The van der Waals surface area contributed by atoms with Crippen molar-refractivity contribution in [2.75, 3.05) is 19.6 Å². The van der Waals surface area contributed by atoms with Crippen molar-refractivity contribution in [3.8, 4) is 0 Å². The van der Waals surface area contributed by atoms with Crippen molar-refractivity contribution in [1.29, 1.82) is 0 Å². The predicted octanol–water partition coefficient (Wildman–Crippen LogP) is 3.75. The minimum atomic E-state index is -0.476. The Labute approximate surface area is 143 Å². The third kappa shape index (κ3) is 3.54. The van der Waals surface area contributed by atoms with E-state index in [0.29, 0.717) is 19.6 Å². The number of nitrogens with two attached hydrogens (primary N) is 1. The van der Waals surface area contributed by atoms with E-state index < -0.39 is 5.60 Å². The second-order valence-corrected chi connectivity index (χ2v) is 7.59. The molecule has 1 aliphatic heterocycles. The maximum Gasteiger partial charge on any atom is 0.410 e. The highest BCUT2D eigenvalue weighted by molar-refractivity contribution is 5.83. The average molecular weight is 326 g/mol. The minimum Gasteiger partial charge on any atom is -0.444 e. The number of fused-ring (bicyclic) bond motifs is 1. The summed E-state index contributed by atoms with van der Waals surface area (Å²) in [6, 6.07) is 14.9. The second kappa shape index (κ2) is 6.44. The maximum atomic E-state index is 12.4. The van der Waals surface area contributed by atoms with Gasteiger partial charge in [-0.2, -0.15) is 0 Å². The smallest absolute Gasteiger partial charge is 0.410 e. The van der Waals surface area contributed by atoms with E-state index in [1.807, 2.05) is 32.9 Å². The van der Waals surface area contributed by atoms with Crippen molar-refractivity contribution in [1.82, 2.24) is 4.90 Å². The molecule has 2 atom stereocenters. The Kier molecular flexibility index (Phi) is 4.50. The molecule has 0 radical (unpaired) electrons.